The van der Waals surface area contributed by atoms with Crippen LogP contribution in [0.15, 0.2) is 55.1 Å². The number of rotatable bonds is 6. The molecule has 0 atom stereocenters. The molecule has 4 rings (SSSR count). The summed E-state index contributed by atoms with van der Waals surface area (Å²) in [6.07, 6.45) is 9.52. The van der Waals surface area contributed by atoms with E-state index in [1.54, 1.807) is 12.4 Å². The van der Waals surface area contributed by atoms with Crippen LogP contribution in [-0.2, 0) is 19.3 Å². The van der Waals surface area contributed by atoms with Gasteiger partial charge >= 0.3 is 0 Å². The summed E-state index contributed by atoms with van der Waals surface area (Å²) in [5.41, 5.74) is 5.03. The number of ether oxygens (including phenoxy) is 1. The van der Waals surface area contributed by atoms with Crippen molar-refractivity contribution in [2.24, 2.45) is 0 Å². The molecule has 6 heteroatoms. The normalized spacial score (nSPS) is 11.0. The van der Waals surface area contributed by atoms with Gasteiger partial charge in [-0.2, -0.15) is 0 Å². The van der Waals surface area contributed by atoms with Gasteiger partial charge in [0.25, 0.3) is 0 Å². The zero-order chi connectivity index (χ0) is 18.6. The van der Waals surface area contributed by atoms with E-state index < -0.39 is 5.82 Å². The molecule has 4 aromatic rings. The third kappa shape index (κ3) is 3.79. The minimum atomic E-state index is -0.438. The van der Waals surface area contributed by atoms with Gasteiger partial charge in [0, 0.05) is 42.3 Å². The molecule has 0 unspecified atom stereocenters. The van der Waals surface area contributed by atoms with Crippen molar-refractivity contribution in [1.29, 1.82) is 0 Å². The monoisotopic (exact) mass is 362 g/mol. The molecule has 0 spiro atoms. The van der Waals surface area contributed by atoms with Crippen molar-refractivity contribution in [2.75, 3.05) is 7.11 Å². The summed E-state index contributed by atoms with van der Waals surface area (Å²) in [5.74, 6) is -0.416. The Morgan fingerprint density at radius 3 is 2.70 bits per heavy atom. The molecular formula is C21H19FN4O. The van der Waals surface area contributed by atoms with Gasteiger partial charge in [-0.1, -0.05) is 6.07 Å². The predicted octanol–water partition coefficient (Wildman–Crippen LogP) is 3.88. The lowest BCUT2D eigenvalue weighted by Crippen LogP contribution is -1.99. The first kappa shape index (κ1) is 17.1. The summed E-state index contributed by atoms with van der Waals surface area (Å²) in [7, 11) is 1.41. The molecule has 0 aliphatic carbocycles. The first-order valence-electron chi connectivity index (χ1n) is 8.76. The number of hydrogen-bond donors (Lipinski definition) is 1. The minimum Gasteiger partial charge on any atom is -0.479 e. The molecule has 0 bridgehead atoms. The highest BCUT2D eigenvalue weighted by molar-refractivity contribution is 5.79. The standard InChI is InChI=1S/C21H19FN4O/c1-27-21-19(22)10-15(12-26-21)5-7-17-6-4-14(11-24-17)9-16-13-25-20-18(16)3-2-8-23-20/h2-4,6,8,10-13H,5,7,9H2,1H3,(H,23,25). The smallest absolute Gasteiger partial charge is 0.250 e. The fraction of sp³-hybridized carbons (Fsp3) is 0.190. The Labute approximate surface area is 156 Å². The molecule has 0 saturated carbocycles. The molecule has 4 aromatic heterocycles. The van der Waals surface area contributed by atoms with Crippen LogP contribution in [0.2, 0.25) is 0 Å². The number of nitrogens with one attached hydrogen (secondary N) is 1. The van der Waals surface area contributed by atoms with E-state index in [1.807, 2.05) is 24.5 Å². The highest BCUT2D eigenvalue weighted by atomic mass is 19.1. The van der Waals surface area contributed by atoms with Gasteiger partial charge in [-0.25, -0.2) is 14.4 Å². The average Bonchev–Trinajstić information content (AvgIpc) is 3.10. The summed E-state index contributed by atoms with van der Waals surface area (Å²) < 4.78 is 18.6. The number of methoxy groups -OCH3 is 1. The van der Waals surface area contributed by atoms with Gasteiger partial charge in [0.15, 0.2) is 5.82 Å². The highest BCUT2D eigenvalue weighted by Gasteiger charge is 2.07. The fourth-order valence-electron chi connectivity index (χ4n) is 3.11. The predicted molar refractivity (Wildman–Crippen MR) is 101 cm³/mol. The number of aryl methyl sites for hydroxylation is 2. The van der Waals surface area contributed by atoms with E-state index in [4.69, 9.17) is 4.74 Å². The molecule has 1 N–H and O–H groups in total. The summed E-state index contributed by atoms with van der Waals surface area (Å²) >= 11 is 0. The van der Waals surface area contributed by atoms with Crippen molar-refractivity contribution in [3.63, 3.8) is 0 Å². The van der Waals surface area contributed by atoms with Crippen LogP contribution >= 0.6 is 0 Å². The third-order valence-electron chi connectivity index (χ3n) is 4.54. The van der Waals surface area contributed by atoms with E-state index in [1.165, 1.54) is 18.7 Å². The number of aromatic nitrogens is 4. The van der Waals surface area contributed by atoms with Crippen LogP contribution in [0.1, 0.15) is 22.4 Å². The van der Waals surface area contributed by atoms with Crippen molar-refractivity contribution < 1.29 is 9.13 Å². The van der Waals surface area contributed by atoms with E-state index in [0.29, 0.717) is 6.42 Å². The van der Waals surface area contributed by atoms with Crippen molar-refractivity contribution in [2.45, 2.75) is 19.3 Å². The maximum absolute atomic E-state index is 13.7. The molecule has 0 aliphatic rings. The number of H-pyrrole nitrogens is 1. The average molecular weight is 362 g/mol. The lowest BCUT2D eigenvalue weighted by atomic mass is 10.1. The van der Waals surface area contributed by atoms with E-state index in [2.05, 4.69) is 32.1 Å². The van der Waals surface area contributed by atoms with Crippen LogP contribution in [0, 0.1) is 5.82 Å². The fourth-order valence-corrected chi connectivity index (χ4v) is 3.11. The van der Waals surface area contributed by atoms with Gasteiger partial charge in [0.1, 0.15) is 5.65 Å². The van der Waals surface area contributed by atoms with E-state index in [9.17, 15) is 4.39 Å². The first-order chi connectivity index (χ1) is 13.2. The number of pyridine rings is 3. The Hall–Kier alpha value is -3.28. The number of fused-ring (bicyclic) bond motifs is 1. The van der Waals surface area contributed by atoms with Crippen LogP contribution in [-0.4, -0.2) is 27.0 Å². The number of halogens is 1. The van der Waals surface area contributed by atoms with Crippen molar-refractivity contribution in [3.05, 3.63) is 83.3 Å². The molecule has 136 valence electrons. The Morgan fingerprint density at radius 1 is 1.04 bits per heavy atom. The summed E-state index contributed by atoms with van der Waals surface area (Å²) in [5, 5.41) is 1.13. The molecule has 0 amide bonds. The topological polar surface area (TPSA) is 63.7 Å². The van der Waals surface area contributed by atoms with Crippen LogP contribution in [0.5, 0.6) is 5.88 Å². The SMILES string of the molecule is COc1ncc(CCc2ccc(Cc3c[nH]c4ncccc34)cn2)cc1F. The number of nitrogens with zero attached hydrogens (tertiary/aromatic N) is 3. The number of aromatic amines is 1. The zero-order valence-electron chi connectivity index (χ0n) is 14.9. The van der Waals surface area contributed by atoms with Gasteiger partial charge in [-0.3, -0.25) is 4.98 Å². The second-order valence-corrected chi connectivity index (χ2v) is 6.38. The summed E-state index contributed by atoms with van der Waals surface area (Å²) in [6.45, 7) is 0. The Bertz CT molecular complexity index is 1060. The molecule has 4 heterocycles. The molecule has 0 fully saturated rings. The molecule has 0 aromatic carbocycles. The summed E-state index contributed by atoms with van der Waals surface area (Å²) in [4.78, 5) is 16.0. The van der Waals surface area contributed by atoms with Gasteiger partial charge in [-0.05, 0) is 53.8 Å². The lowest BCUT2D eigenvalue weighted by Gasteiger charge is -2.05. The van der Waals surface area contributed by atoms with Crippen molar-refractivity contribution in [3.8, 4) is 5.88 Å². The van der Waals surface area contributed by atoms with Gasteiger partial charge in [-0.15, -0.1) is 0 Å². The Morgan fingerprint density at radius 2 is 1.93 bits per heavy atom. The maximum Gasteiger partial charge on any atom is 0.250 e. The van der Waals surface area contributed by atoms with Gasteiger partial charge < -0.3 is 9.72 Å². The van der Waals surface area contributed by atoms with Gasteiger partial charge in [0.05, 0.1) is 7.11 Å². The van der Waals surface area contributed by atoms with Crippen LogP contribution in [0.3, 0.4) is 0 Å². The molecule has 0 saturated heterocycles. The first-order valence-corrected chi connectivity index (χ1v) is 8.76. The third-order valence-corrected chi connectivity index (χ3v) is 4.54. The lowest BCUT2D eigenvalue weighted by molar-refractivity contribution is 0.368. The molecule has 5 nitrogen and oxygen atoms in total. The maximum atomic E-state index is 13.7. The van der Waals surface area contributed by atoms with Crippen molar-refractivity contribution >= 4 is 11.0 Å². The Balaban J connectivity index is 1.41. The second-order valence-electron chi connectivity index (χ2n) is 6.38. The molecule has 27 heavy (non-hydrogen) atoms. The van der Waals surface area contributed by atoms with Crippen LogP contribution in [0.25, 0.3) is 11.0 Å². The Kier molecular flexibility index (Phi) is 4.78. The van der Waals surface area contributed by atoms with E-state index in [-0.39, 0.29) is 5.88 Å². The van der Waals surface area contributed by atoms with Crippen LogP contribution in [0.4, 0.5) is 4.39 Å². The largest absolute Gasteiger partial charge is 0.479 e. The second kappa shape index (κ2) is 7.53. The quantitative estimate of drug-likeness (QED) is 0.565. The zero-order valence-corrected chi connectivity index (χ0v) is 14.9. The highest BCUT2D eigenvalue weighted by Crippen LogP contribution is 2.19. The van der Waals surface area contributed by atoms with Crippen molar-refractivity contribution in [1.82, 2.24) is 19.9 Å². The van der Waals surface area contributed by atoms with E-state index in [0.717, 1.165) is 40.7 Å². The molecule has 0 aliphatic heterocycles. The summed E-state index contributed by atoms with van der Waals surface area (Å²) in [6, 6.07) is 9.58. The number of hydrogen-bond acceptors (Lipinski definition) is 4. The molecular weight excluding hydrogens is 343 g/mol. The van der Waals surface area contributed by atoms with Gasteiger partial charge in [0.2, 0.25) is 5.88 Å². The molecule has 0 radical (unpaired) electrons. The van der Waals surface area contributed by atoms with E-state index >= 15 is 0 Å². The minimum absolute atomic E-state index is 0.0220. The van der Waals surface area contributed by atoms with Crippen LogP contribution < -0.4 is 4.74 Å².